The fraction of sp³-hybridized carbons (Fsp3) is 0.684. The van der Waals surface area contributed by atoms with Crippen LogP contribution in [0.3, 0.4) is 0 Å². The number of aliphatic carboxylic acids is 1. The van der Waals surface area contributed by atoms with Crippen LogP contribution in [-0.2, 0) is 39.5 Å². The first-order chi connectivity index (χ1) is 24.8. The van der Waals surface area contributed by atoms with E-state index < -0.39 is 64.0 Å². The molecule has 2 saturated heterocycles. The second-order valence-electron chi connectivity index (χ2n) is 16.5. The number of esters is 1. The number of halogens is 6. The number of nitrogens with zero attached hydrogens (tertiary/aromatic N) is 4. The van der Waals surface area contributed by atoms with Gasteiger partial charge in [-0.25, -0.2) is 9.59 Å². The lowest BCUT2D eigenvalue weighted by molar-refractivity contribution is -0.148. The summed E-state index contributed by atoms with van der Waals surface area (Å²) in [5, 5.41) is 9.51. The molecule has 10 nitrogen and oxygen atoms in total. The molecular weight excluding hydrogens is 722 g/mol. The summed E-state index contributed by atoms with van der Waals surface area (Å²) in [7, 11) is 0. The molecule has 2 aromatic rings. The smallest absolute Gasteiger partial charge is 0.416 e. The van der Waals surface area contributed by atoms with Gasteiger partial charge in [0.25, 0.3) is 11.1 Å². The molecule has 0 amide bonds. The normalized spacial score (nSPS) is 16.8. The van der Waals surface area contributed by atoms with Gasteiger partial charge in [-0.15, -0.1) is 0 Å². The molecule has 16 heteroatoms. The Balaban J connectivity index is 0.000000291. The van der Waals surface area contributed by atoms with Crippen LogP contribution in [0.1, 0.15) is 108 Å². The van der Waals surface area contributed by atoms with Crippen molar-refractivity contribution in [3.8, 4) is 0 Å². The van der Waals surface area contributed by atoms with Gasteiger partial charge in [0.05, 0.1) is 17.7 Å². The molecule has 0 bridgehead atoms. The number of ether oxygens (including phenoxy) is 1. The lowest BCUT2D eigenvalue weighted by Crippen LogP contribution is -2.39. The highest BCUT2D eigenvalue weighted by molar-refractivity contribution is 5.74. The first-order valence-corrected chi connectivity index (χ1v) is 18.3. The number of carbonyl (C=O) groups excluding carboxylic acids is 1. The van der Waals surface area contributed by atoms with Crippen molar-refractivity contribution in [1.82, 2.24) is 18.9 Å². The Morgan fingerprint density at radius 1 is 0.704 bits per heavy atom. The predicted octanol–water partition coefficient (Wildman–Crippen LogP) is 6.83. The molecule has 54 heavy (non-hydrogen) atoms. The highest BCUT2D eigenvalue weighted by Gasteiger charge is 2.38. The van der Waals surface area contributed by atoms with E-state index in [2.05, 4.69) is 4.90 Å². The van der Waals surface area contributed by atoms with Crippen LogP contribution in [0.5, 0.6) is 0 Å². The van der Waals surface area contributed by atoms with Gasteiger partial charge in [-0.05, 0) is 93.6 Å². The molecule has 2 fully saturated rings. The van der Waals surface area contributed by atoms with Crippen LogP contribution in [0, 0.1) is 10.8 Å². The third-order valence-electron chi connectivity index (χ3n) is 9.36. The molecule has 0 aromatic carbocycles. The predicted molar refractivity (Wildman–Crippen MR) is 191 cm³/mol. The maximum absolute atomic E-state index is 13.5. The molecule has 4 rings (SSSR count). The fourth-order valence-electron chi connectivity index (χ4n) is 6.36. The van der Waals surface area contributed by atoms with E-state index in [1.54, 1.807) is 6.92 Å². The van der Waals surface area contributed by atoms with Crippen molar-refractivity contribution < 1.29 is 45.8 Å². The van der Waals surface area contributed by atoms with Gasteiger partial charge >= 0.3 is 24.3 Å². The van der Waals surface area contributed by atoms with Crippen LogP contribution in [0.15, 0.2) is 34.1 Å². The summed E-state index contributed by atoms with van der Waals surface area (Å²) in [6.45, 7) is 17.4. The number of pyridine rings is 2. The molecule has 2 aromatic heterocycles. The molecule has 0 saturated carbocycles. The van der Waals surface area contributed by atoms with Crippen molar-refractivity contribution in [3.05, 3.63) is 67.5 Å². The Kier molecular flexibility index (Phi) is 14.8. The number of alkyl halides is 6. The highest BCUT2D eigenvalue weighted by Crippen LogP contribution is 2.35. The van der Waals surface area contributed by atoms with E-state index in [0.29, 0.717) is 25.2 Å². The molecule has 0 radical (unpaired) electrons. The van der Waals surface area contributed by atoms with E-state index >= 15 is 0 Å². The van der Waals surface area contributed by atoms with Crippen molar-refractivity contribution in [1.29, 1.82) is 0 Å². The summed E-state index contributed by atoms with van der Waals surface area (Å²) in [6, 6.07) is -1.02. The Labute approximate surface area is 312 Å². The van der Waals surface area contributed by atoms with Gasteiger partial charge in [0.2, 0.25) is 0 Å². The Bertz CT molecular complexity index is 1710. The van der Waals surface area contributed by atoms with Gasteiger partial charge in [0, 0.05) is 37.6 Å². The number of hydrogen-bond acceptors (Lipinski definition) is 7. The average molecular weight is 777 g/mol. The van der Waals surface area contributed by atoms with Crippen LogP contribution in [0.2, 0.25) is 0 Å². The van der Waals surface area contributed by atoms with Crippen molar-refractivity contribution in [2.45, 2.75) is 111 Å². The van der Waals surface area contributed by atoms with Crippen molar-refractivity contribution >= 4 is 11.9 Å². The lowest BCUT2D eigenvalue weighted by Gasteiger charge is -2.31. The minimum absolute atomic E-state index is 0.0298. The zero-order valence-electron chi connectivity index (χ0n) is 32.2. The van der Waals surface area contributed by atoms with Crippen LogP contribution in [-0.4, -0.2) is 81.9 Å². The molecule has 2 atom stereocenters. The van der Waals surface area contributed by atoms with E-state index in [0.717, 1.165) is 54.4 Å². The molecule has 1 N–H and O–H groups in total. The number of likely N-dealkylation sites (tertiary alicyclic amines) is 2. The molecule has 2 aliphatic rings. The molecule has 0 aliphatic carbocycles. The number of aromatic nitrogens is 2. The van der Waals surface area contributed by atoms with Crippen LogP contribution in [0.25, 0.3) is 0 Å². The van der Waals surface area contributed by atoms with E-state index in [4.69, 9.17) is 4.74 Å². The zero-order chi connectivity index (χ0) is 40.8. The summed E-state index contributed by atoms with van der Waals surface area (Å²) >= 11 is 0. The quantitative estimate of drug-likeness (QED) is 0.174. The van der Waals surface area contributed by atoms with Crippen LogP contribution in [0.4, 0.5) is 26.3 Å². The number of hydrogen-bond donors (Lipinski definition) is 1. The molecular formula is C38H54F6N4O6. The third kappa shape index (κ3) is 13.0. The number of carboxylic acid groups (broad SMARTS) is 1. The third-order valence-corrected chi connectivity index (χ3v) is 9.36. The second kappa shape index (κ2) is 17.9. The second-order valence-corrected chi connectivity index (χ2v) is 16.5. The van der Waals surface area contributed by atoms with Crippen molar-refractivity contribution in [3.63, 3.8) is 0 Å². The van der Waals surface area contributed by atoms with Crippen molar-refractivity contribution in [2.24, 2.45) is 10.8 Å². The molecule has 0 spiro atoms. The van der Waals surface area contributed by atoms with Gasteiger partial charge in [-0.2, -0.15) is 26.3 Å². The average Bonchev–Trinajstić information content (AvgIpc) is 2.97. The molecule has 2 unspecified atom stereocenters. The van der Waals surface area contributed by atoms with E-state index in [-0.39, 0.29) is 48.8 Å². The number of rotatable bonds is 13. The largest absolute Gasteiger partial charge is 0.480 e. The van der Waals surface area contributed by atoms with E-state index in [9.17, 15) is 50.6 Å². The van der Waals surface area contributed by atoms with Gasteiger partial charge in [-0.1, -0.05) is 41.5 Å². The molecule has 4 heterocycles. The summed E-state index contributed by atoms with van der Waals surface area (Å²) in [5.74, 6) is -1.83. The summed E-state index contributed by atoms with van der Waals surface area (Å²) in [6.07, 6.45) is -4.19. The Morgan fingerprint density at radius 3 is 1.37 bits per heavy atom. The van der Waals surface area contributed by atoms with Crippen LogP contribution >= 0.6 is 0 Å². The van der Waals surface area contributed by atoms with E-state index in [1.165, 1.54) is 6.20 Å². The fourth-order valence-corrected chi connectivity index (χ4v) is 6.36. The zero-order valence-corrected chi connectivity index (χ0v) is 32.2. The molecule has 2 aliphatic heterocycles. The SMILES string of the molecule is CC(C)(C)CC(C(=O)O)n1cc(CCN2CCC2)c(C(F)(F)F)cc1=O.CCOC(=O)C(CC(C)(C)C)n1cc(CCN2CCC2)c(C(F)(F)F)cc1=O. The highest BCUT2D eigenvalue weighted by atomic mass is 19.4. The maximum Gasteiger partial charge on any atom is 0.416 e. The minimum Gasteiger partial charge on any atom is -0.480 e. The summed E-state index contributed by atoms with van der Waals surface area (Å²) < 4.78 is 87.6. The summed E-state index contributed by atoms with van der Waals surface area (Å²) in [4.78, 5) is 53.0. The number of carboxylic acids is 1. The van der Waals surface area contributed by atoms with Crippen LogP contribution < -0.4 is 11.1 Å². The van der Waals surface area contributed by atoms with Gasteiger partial charge in [-0.3, -0.25) is 9.59 Å². The van der Waals surface area contributed by atoms with Gasteiger partial charge in [0.1, 0.15) is 12.1 Å². The number of carbonyl (C=O) groups is 2. The Morgan fingerprint density at radius 2 is 1.07 bits per heavy atom. The topological polar surface area (TPSA) is 114 Å². The van der Waals surface area contributed by atoms with Crippen molar-refractivity contribution in [2.75, 3.05) is 45.9 Å². The Hall–Kier alpha value is -3.66. The summed E-state index contributed by atoms with van der Waals surface area (Å²) in [5.41, 5.74) is -4.41. The standard InChI is InChI=1S/C20H29F3N2O3.C18H25F3N2O3/c1-5-28-18(27)16(12-19(2,3)4)25-13-14(7-10-24-8-6-9-24)15(11-17(25)26)20(21,22)23;1-17(2,3)10-14(16(25)26)23-11-12(5-8-22-6-4-7-22)13(9-15(23)24)18(19,20)21/h11,13,16H,5-10,12H2,1-4H3;9,11,14H,4-8,10H2,1-3H3,(H,25,26). The lowest BCUT2D eigenvalue weighted by atomic mass is 9.87. The monoisotopic (exact) mass is 776 g/mol. The first-order valence-electron chi connectivity index (χ1n) is 18.3. The van der Waals surface area contributed by atoms with E-state index in [1.807, 2.05) is 46.4 Å². The maximum atomic E-state index is 13.5. The first kappa shape index (κ1) is 44.7. The van der Waals surface area contributed by atoms with Gasteiger partial charge in [0.15, 0.2) is 0 Å². The molecule has 304 valence electrons. The van der Waals surface area contributed by atoms with Gasteiger partial charge < -0.3 is 28.8 Å². The minimum atomic E-state index is -4.65.